The SMILES string of the molecule is Cc1noc(CCNC(=O)N2CCc3cc(Cl)ccc3C2)n1. The number of nitrogens with zero attached hydrogens (tertiary/aromatic N) is 3. The number of amides is 2. The molecule has 0 aliphatic carbocycles. The fourth-order valence-corrected chi connectivity index (χ4v) is 2.72. The van der Waals surface area contributed by atoms with E-state index in [1.165, 1.54) is 5.56 Å². The fraction of sp³-hybridized carbons (Fsp3) is 0.400. The molecule has 0 saturated heterocycles. The molecule has 2 aromatic rings. The zero-order valence-corrected chi connectivity index (χ0v) is 13.1. The summed E-state index contributed by atoms with van der Waals surface area (Å²) in [7, 11) is 0. The van der Waals surface area contributed by atoms with E-state index in [-0.39, 0.29) is 6.03 Å². The van der Waals surface area contributed by atoms with Crippen LogP contribution < -0.4 is 5.32 Å². The molecule has 0 saturated carbocycles. The second-order valence-electron chi connectivity index (χ2n) is 5.30. The number of urea groups is 1. The van der Waals surface area contributed by atoms with Crippen LogP contribution in [0.5, 0.6) is 0 Å². The van der Waals surface area contributed by atoms with Gasteiger partial charge < -0.3 is 14.7 Å². The van der Waals surface area contributed by atoms with Crippen LogP contribution in [0.2, 0.25) is 5.02 Å². The number of aryl methyl sites for hydroxylation is 1. The molecule has 1 aliphatic heterocycles. The molecule has 3 rings (SSSR count). The predicted octanol–water partition coefficient (Wildman–Crippen LogP) is 2.34. The number of hydrogen-bond acceptors (Lipinski definition) is 4. The van der Waals surface area contributed by atoms with Gasteiger partial charge >= 0.3 is 6.03 Å². The van der Waals surface area contributed by atoms with Gasteiger partial charge in [0.25, 0.3) is 0 Å². The van der Waals surface area contributed by atoms with E-state index in [1.54, 1.807) is 11.8 Å². The molecule has 0 bridgehead atoms. The Labute approximate surface area is 133 Å². The zero-order valence-electron chi connectivity index (χ0n) is 12.3. The van der Waals surface area contributed by atoms with E-state index < -0.39 is 0 Å². The average Bonchev–Trinajstić information content (AvgIpc) is 2.92. The smallest absolute Gasteiger partial charge is 0.317 e. The topological polar surface area (TPSA) is 71.3 Å². The first-order valence-electron chi connectivity index (χ1n) is 7.21. The van der Waals surface area contributed by atoms with Crippen LogP contribution in [0.25, 0.3) is 0 Å². The van der Waals surface area contributed by atoms with Crippen molar-refractivity contribution in [3.8, 4) is 0 Å². The summed E-state index contributed by atoms with van der Waals surface area (Å²) in [5, 5.41) is 7.34. The number of rotatable bonds is 3. The van der Waals surface area contributed by atoms with Gasteiger partial charge in [0.05, 0.1) is 0 Å². The monoisotopic (exact) mass is 320 g/mol. The van der Waals surface area contributed by atoms with Crippen LogP contribution >= 0.6 is 11.6 Å². The van der Waals surface area contributed by atoms with Crippen molar-refractivity contribution in [3.63, 3.8) is 0 Å². The Bertz CT molecular complexity index is 686. The molecule has 7 heteroatoms. The maximum Gasteiger partial charge on any atom is 0.317 e. The minimum atomic E-state index is -0.0724. The molecule has 0 unspecified atom stereocenters. The number of benzene rings is 1. The maximum absolute atomic E-state index is 12.2. The van der Waals surface area contributed by atoms with E-state index in [2.05, 4.69) is 15.5 Å². The molecule has 0 atom stereocenters. The maximum atomic E-state index is 12.2. The van der Waals surface area contributed by atoms with Crippen molar-refractivity contribution in [2.24, 2.45) is 0 Å². The van der Waals surface area contributed by atoms with Crippen LogP contribution in [-0.2, 0) is 19.4 Å². The van der Waals surface area contributed by atoms with Crippen molar-refractivity contribution in [1.29, 1.82) is 0 Å². The fourth-order valence-electron chi connectivity index (χ4n) is 2.52. The Balaban J connectivity index is 1.52. The summed E-state index contributed by atoms with van der Waals surface area (Å²) >= 11 is 5.99. The van der Waals surface area contributed by atoms with Gasteiger partial charge in [-0.1, -0.05) is 22.8 Å². The van der Waals surface area contributed by atoms with Gasteiger partial charge in [-0.3, -0.25) is 0 Å². The van der Waals surface area contributed by atoms with Crippen LogP contribution in [-0.4, -0.2) is 34.2 Å². The lowest BCUT2D eigenvalue weighted by atomic mass is 10.0. The molecule has 0 fully saturated rings. The van der Waals surface area contributed by atoms with Gasteiger partial charge in [0, 0.05) is 31.1 Å². The van der Waals surface area contributed by atoms with Crippen LogP contribution in [0.3, 0.4) is 0 Å². The molecule has 1 aromatic heterocycles. The lowest BCUT2D eigenvalue weighted by Gasteiger charge is -2.29. The summed E-state index contributed by atoms with van der Waals surface area (Å²) in [5.74, 6) is 1.14. The van der Waals surface area contributed by atoms with E-state index in [1.807, 2.05) is 18.2 Å². The van der Waals surface area contributed by atoms with E-state index in [0.29, 0.717) is 37.8 Å². The molecular formula is C15H17ClN4O2. The number of hydrogen-bond donors (Lipinski definition) is 1. The Hall–Kier alpha value is -2.08. The Morgan fingerprint density at radius 3 is 3.09 bits per heavy atom. The molecule has 1 N–H and O–H groups in total. The van der Waals surface area contributed by atoms with E-state index in [0.717, 1.165) is 17.0 Å². The first-order valence-corrected chi connectivity index (χ1v) is 7.59. The number of fused-ring (bicyclic) bond motifs is 1. The van der Waals surface area contributed by atoms with Gasteiger partial charge in [0.2, 0.25) is 5.89 Å². The zero-order chi connectivity index (χ0) is 15.5. The second-order valence-corrected chi connectivity index (χ2v) is 5.74. The summed E-state index contributed by atoms with van der Waals surface area (Å²) in [6, 6.07) is 5.75. The minimum Gasteiger partial charge on any atom is -0.339 e. The van der Waals surface area contributed by atoms with Gasteiger partial charge in [0.1, 0.15) is 0 Å². The van der Waals surface area contributed by atoms with Gasteiger partial charge in [-0.2, -0.15) is 4.98 Å². The lowest BCUT2D eigenvalue weighted by Crippen LogP contribution is -2.43. The molecule has 2 amide bonds. The van der Waals surface area contributed by atoms with Crippen LogP contribution in [0, 0.1) is 6.92 Å². The summed E-state index contributed by atoms with van der Waals surface area (Å²) < 4.78 is 5.01. The summed E-state index contributed by atoms with van der Waals surface area (Å²) in [4.78, 5) is 18.1. The van der Waals surface area contributed by atoms with Gasteiger partial charge in [0.15, 0.2) is 5.82 Å². The molecule has 1 aliphatic rings. The lowest BCUT2D eigenvalue weighted by molar-refractivity contribution is 0.192. The summed E-state index contributed by atoms with van der Waals surface area (Å²) in [6.07, 6.45) is 1.36. The molecule has 1 aromatic carbocycles. The highest BCUT2D eigenvalue weighted by molar-refractivity contribution is 6.30. The van der Waals surface area contributed by atoms with Crippen molar-refractivity contribution in [2.45, 2.75) is 26.3 Å². The number of carbonyl (C=O) groups excluding carboxylic acids is 1. The molecule has 0 spiro atoms. The van der Waals surface area contributed by atoms with E-state index in [9.17, 15) is 4.79 Å². The van der Waals surface area contributed by atoms with E-state index in [4.69, 9.17) is 16.1 Å². The molecule has 6 nitrogen and oxygen atoms in total. The molecular weight excluding hydrogens is 304 g/mol. The Morgan fingerprint density at radius 2 is 2.32 bits per heavy atom. The molecule has 2 heterocycles. The van der Waals surface area contributed by atoms with Crippen LogP contribution in [0.1, 0.15) is 22.8 Å². The number of carbonyl (C=O) groups is 1. The first-order chi connectivity index (χ1) is 10.6. The summed E-state index contributed by atoms with van der Waals surface area (Å²) in [5.41, 5.74) is 2.37. The normalized spacial score (nSPS) is 13.8. The number of halogens is 1. The van der Waals surface area contributed by atoms with Gasteiger partial charge in [-0.25, -0.2) is 4.79 Å². The molecule has 116 valence electrons. The Morgan fingerprint density at radius 1 is 1.45 bits per heavy atom. The minimum absolute atomic E-state index is 0.0724. The highest BCUT2D eigenvalue weighted by atomic mass is 35.5. The van der Waals surface area contributed by atoms with Crippen molar-refractivity contribution >= 4 is 17.6 Å². The number of aromatic nitrogens is 2. The van der Waals surface area contributed by atoms with Crippen molar-refractivity contribution in [1.82, 2.24) is 20.4 Å². The second kappa shape index (κ2) is 6.36. The quantitative estimate of drug-likeness (QED) is 0.942. The third-order valence-electron chi connectivity index (χ3n) is 3.65. The van der Waals surface area contributed by atoms with Crippen molar-refractivity contribution < 1.29 is 9.32 Å². The third-order valence-corrected chi connectivity index (χ3v) is 3.89. The summed E-state index contributed by atoms with van der Waals surface area (Å²) in [6.45, 7) is 3.55. The molecule has 22 heavy (non-hydrogen) atoms. The van der Waals surface area contributed by atoms with E-state index >= 15 is 0 Å². The standard InChI is InChI=1S/C15H17ClN4O2/c1-10-18-14(22-19-10)4-6-17-15(21)20-7-5-11-8-13(16)3-2-12(11)9-20/h2-3,8H,4-7,9H2,1H3,(H,17,21). The first kappa shape index (κ1) is 14.8. The van der Waals surface area contributed by atoms with Gasteiger partial charge in [-0.05, 0) is 36.6 Å². The highest BCUT2D eigenvalue weighted by Crippen LogP contribution is 2.22. The largest absolute Gasteiger partial charge is 0.339 e. The third kappa shape index (κ3) is 3.39. The van der Waals surface area contributed by atoms with Crippen LogP contribution in [0.4, 0.5) is 4.79 Å². The molecule has 0 radical (unpaired) electrons. The van der Waals surface area contributed by atoms with Crippen molar-refractivity contribution in [2.75, 3.05) is 13.1 Å². The Kier molecular flexibility index (Phi) is 4.29. The van der Waals surface area contributed by atoms with Gasteiger partial charge in [-0.15, -0.1) is 0 Å². The number of nitrogens with one attached hydrogen (secondary N) is 1. The van der Waals surface area contributed by atoms with Crippen molar-refractivity contribution in [3.05, 3.63) is 46.1 Å². The average molecular weight is 321 g/mol. The van der Waals surface area contributed by atoms with Crippen LogP contribution in [0.15, 0.2) is 22.7 Å². The predicted molar refractivity (Wildman–Crippen MR) is 81.7 cm³/mol. The highest BCUT2D eigenvalue weighted by Gasteiger charge is 2.20.